The molecule has 0 aliphatic carbocycles. The van der Waals surface area contributed by atoms with Crippen LogP contribution in [-0.2, 0) is 9.53 Å². The fraction of sp³-hybridized carbons (Fsp3) is 0.933. The van der Waals surface area contributed by atoms with Crippen LogP contribution in [0.5, 0.6) is 0 Å². The predicted octanol–water partition coefficient (Wildman–Crippen LogP) is 2.25. The van der Waals surface area contributed by atoms with E-state index < -0.39 is 0 Å². The average molecular weight is 283 g/mol. The third kappa shape index (κ3) is 2.72. The molecule has 0 bridgehead atoms. The van der Waals surface area contributed by atoms with Gasteiger partial charge >= 0.3 is 0 Å². The summed E-state index contributed by atoms with van der Waals surface area (Å²) in [6.07, 6.45) is 5.22. The Bertz CT molecular complexity index is 346. The van der Waals surface area contributed by atoms with Crippen molar-refractivity contribution in [3.8, 4) is 0 Å². The molecule has 0 radical (unpaired) electrons. The SMILES string of the molecule is CC1(C(=O)C2CCOC3(CCSC3)C2)CCCNC1. The van der Waals surface area contributed by atoms with Gasteiger partial charge in [-0.1, -0.05) is 6.92 Å². The number of hydrogen-bond donors (Lipinski definition) is 1. The molecule has 19 heavy (non-hydrogen) atoms. The minimum absolute atomic E-state index is 0.0295. The molecule has 3 rings (SSSR count). The van der Waals surface area contributed by atoms with Gasteiger partial charge in [0.1, 0.15) is 5.78 Å². The Kier molecular flexibility index (Phi) is 3.93. The Morgan fingerprint density at radius 3 is 3.00 bits per heavy atom. The van der Waals surface area contributed by atoms with Crippen LogP contribution in [0.3, 0.4) is 0 Å². The lowest BCUT2D eigenvalue weighted by Crippen LogP contribution is -2.49. The van der Waals surface area contributed by atoms with Gasteiger partial charge in [0.2, 0.25) is 0 Å². The molecule has 3 unspecified atom stereocenters. The second-order valence-electron chi connectivity index (χ2n) is 6.73. The van der Waals surface area contributed by atoms with Gasteiger partial charge in [-0.05, 0) is 44.4 Å². The summed E-state index contributed by atoms with van der Waals surface area (Å²) in [7, 11) is 0. The molecule has 0 aromatic heterocycles. The van der Waals surface area contributed by atoms with Crippen molar-refractivity contribution in [2.24, 2.45) is 11.3 Å². The van der Waals surface area contributed by atoms with Crippen LogP contribution in [0.2, 0.25) is 0 Å². The highest BCUT2D eigenvalue weighted by molar-refractivity contribution is 7.99. The summed E-state index contributed by atoms with van der Waals surface area (Å²) in [4.78, 5) is 12.9. The average Bonchev–Trinajstić information content (AvgIpc) is 2.87. The lowest BCUT2D eigenvalue weighted by atomic mass is 9.70. The van der Waals surface area contributed by atoms with Gasteiger partial charge in [0.05, 0.1) is 5.60 Å². The molecule has 3 saturated heterocycles. The summed E-state index contributed by atoms with van der Waals surface area (Å²) in [5.74, 6) is 3.02. The maximum absolute atomic E-state index is 12.9. The molecule has 3 aliphatic heterocycles. The molecule has 0 amide bonds. The number of hydrogen-bond acceptors (Lipinski definition) is 4. The van der Waals surface area contributed by atoms with E-state index in [1.54, 1.807) is 0 Å². The smallest absolute Gasteiger partial charge is 0.143 e. The van der Waals surface area contributed by atoms with Gasteiger partial charge in [-0.2, -0.15) is 11.8 Å². The highest BCUT2D eigenvalue weighted by Gasteiger charge is 2.46. The van der Waals surface area contributed by atoms with E-state index in [-0.39, 0.29) is 16.9 Å². The summed E-state index contributed by atoms with van der Waals surface area (Å²) >= 11 is 1.98. The molecule has 3 aliphatic rings. The topological polar surface area (TPSA) is 38.3 Å². The molecule has 0 saturated carbocycles. The second-order valence-corrected chi connectivity index (χ2v) is 7.83. The Labute approximate surface area is 120 Å². The third-order valence-corrected chi connectivity index (χ3v) is 6.35. The van der Waals surface area contributed by atoms with E-state index in [1.807, 2.05) is 11.8 Å². The standard InChI is InChI=1S/C15H25NO2S/c1-14(4-2-6-16-10-14)13(17)12-3-7-18-15(9-12)5-8-19-11-15/h12,16H,2-11H2,1H3. The largest absolute Gasteiger partial charge is 0.374 e. The van der Waals surface area contributed by atoms with Crippen LogP contribution in [0.4, 0.5) is 0 Å². The van der Waals surface area contributed by atoms with Crippen LogP contribution in [0.25, 0.3) is 0 Å². The number of thioether (sulfide) groups is 1. The van der Waals surface area contributed by atoms with Crippen molar-refractivity contribution >= 4 is 17.5 Å². The second kappa shape index (κ2) is 5.38. The first kappa shape index (κ1) is 13.9. The van der Waals surface area contributed by atoms with Crippen LogP contribution in [0, 0.1) is 11.3 Å². The van der Waals surface area contributed by atoms with Crippen molar-refractivity contribution in [1.82, 2.24) is 5.32 Å². The van der Waals surface area contributed by atoms with Crippen LogP contribution in [0.1, 0.15) is 39.0 Å². The fourth-order valence-electron chi connectivity index (χ4n) is 3.87. The lowest BCUT2D eigenvalue weighted by Gasteiger charge is -2.41. The van der Waals surface area contributed by atoms with Crippen LogP contribution >= 0.6 is 11.8 Å². The number of Topliss-reactive ketones (excluding diaryl/α,β-unsaturated/α-hetero) is 1. The molecular weight excluding hydrogens is 258 g/mol. The lowest BCUT2D eigenvalue weighted by molar-refractivity contribution is -0.143. The van der Waals surface area contributed by atoms with Gasteiger partial charge in [0.25, 0.3) is 0 Å². The highest BCUT2D eigenvalue weighted by Crippen LogP contribution is 2.43. The summed E-state index contributed by atoms with van der Waals surface area (Å²) < 4.78 is 6.04. The van der Waals surface area contributed by atoms with Crippen LogP contribution in [-0.4, -0.2) is 42.6 Å². The zero-order valence-corrected chi connectivity index (χ0v) is 12.7. The first-order valence-corrected chi connectivity index (χ1v) is 8.76. The summed E-state index contributed by atoms with van der Waals surface area (Å²) in [6, 6.07) is 0. The van der Waals surface area contributed by atoms with Gasteiger partial charge in [0, 0.05) is 30.2 Å². The van der Waals surface area contributed by atoms with Gasteiger partial charge in [0.15, 0.2) is 0 Å². The van der Waals surface area contributed by atoms with E-state index in [0.29, 0.717) is 5.78 Å². The van der Waals surface area contributed by atoms with Crippen molar-refractivity contribution in [2.45, 2.75) is 44.6 Å². The molecule has 4 heteroatoms. The number of carbonyl (C=O) groups is 1. The van der Waals surface area contributed by atoms with Gasteiger partial charge < -0.3 is 10.1 Å². The summed E-state index contributed by atoms with van der Waals surface area (Å²) in [6.45, 7) is 4.87. The Balaban J connectivity index is 1.69. The van der Waals surface area contributed by atoms with Crippen LogP contribution in [0.15, 0.2) is 0 Å². The number of rotatable bonds is 2. The monoisotopic (exact) mass is 283 g/mol. The van der Waals surface area contributed by atoms with Gasteiger partial charge in [-0.25, -0.2) is 0 Å². The molecule has 0 aromatic carbocycles. The van der Waals surface area contributed by atoms with Crippen molar-refractivity contribution in [1.29, 1.82) is 0 Å². The van der Waals surface area contributed by atoms with E-state index >= 15 is 0 Å². The van der Waals surface area contributed by atoms with Gasteiger partial charge in [-0.15, -0.1) is 0 Å². The van der Waals surface area contributed by atoms with E-state index in [9.17, 15) is 4.79 Å². The van der Waals surface area contributed by atoms with Gasteiger partial charge in [-0.3, -0.25) is 4.79 Å². The number of ketones is 1. The molecule has 3 atom stereocenters. The maximum Gasteiger partial charge on any atom is 0.143 e. The van der Waals surface area contributed by atoms with E-state index in [4.69, 9.17) is 4.74 Å². The fourth-order valence-corrected chi connectivity index (χ4v) is 5.25. The molecule has 3 nitrogen and oxygen atoms in total. The predicted molar refractivity (Wildman–Crippen MR) is 78.6 cm³/mol. The summed E-state index contributed by atoms with van der Waals surface area (Å²) in [5.41, 5.74) is -0.102. The minimum Gasteiger partial charge on any atom is -0.374 e. The van der Waals surface area contributed by atoms with Crippen molar-refractivity contribution in [3.63, 3.8) is 0 Å². The molecular formula is C15H25NO2S. The zero-order valence-electron chi connectivity index (χ0n) is 11.9. The number of ether oxygens (including phenoxy) is 1. The third-order valence-electron chi connectivity index (χ3n) is 5.12. The Morgan fingerprint density at radius 1 is 1.42 bits per heavy atom. The summed E-state index contributed by atoms with van der Waals surface area (Å²) in [5, 5.41) is 3.40. The molecule has 1 spiro atoms. The van der Waals surface area contributed by atoms with Crippen molar-refractivity contribution < 1.29 is 9.53 Å². The quantitative estimate of drug-likeness (QED) is 0.843. The normalized spacial score (nSPS) is 43.5. The van der Waals surface area contributed by atoms with Crippen LogP contribution < -0.4 is 5.32 Å². The zero-order chi connectivity index (χ0) is 13.3. The first-order valence-electron chi connectivity index (χ1n) is 7.60. The number of carbonyl (C=O) groups excluding carboxylic acids is 1. The molecule has 1 N–H and O–H groups in total. The molecule has 108 valence electrons. The molecule has 3 fully saturated rings. The van der Waals surface area contributed by atoms with Crippen molar-refractivity contribution in [3.05, 3.63) is 0 Å². The maximum atomic E-state index is 12.9. The molecule has 0 aromatic rings. The van der Waals surface area contributed by atoms with E-state index in [1.165, 1.54) is 5.75 Å². The van der Waals surface area contributed by atoms with E-state index in [2.05, 4.69) is 12.2 Å². The Morgan fingerprint density at radius 2 is 2.32 bits per heavy atom. The number of nitrogens with one attached hydrogen (secondary N) is 1. The number of piperidine rings is 1. The minimum atomic E-state index is -0.132. The Hall–Kier alpha value is -0.0600. The highest BCUT2D eigenvalue weighted by atomic mass is 32.2. The first-order chi connectivity index (χ1) is 9.14. The molecule has 3 heterocycles. The van der Waals surface area contributed by atoms with E-state index in [0.717, 1.165) is 57.6 Å². The van der Waals surface area contributed by atoms with Crippen molar-refractivity contribution in [2.75, 3.05) is 31.2 Å².